The van der Waals surface area contributed by atoms with E-state index in [0.717, 1.165) is 17.2 Å². The van der Waals surface area contributed by atoms with Crippen LogP contribution in [0.4, 0.5) is 4.39 Å². The Hall–Kier alpha value is -1.79. The lowest BCUT2D eigenvalue weighted by molar-refractivity contribution is 0.526. The van der Waals surface area contributed by atoms with Crippen LogP contribution >= 0.6 is 0 Å². The molecule has 0 amide bonds. The Morgan fingerprint density at radius 2 is 1.90 bits per heavy atom. The van der Waals surface area contributed by atoms with Crippen LogP contribution in [0.3, 0.4) is 0 Å². The molecule has 1 atom stereocenters. The number of halogens is 1. The molecule has 2 rings (SSSR count). The van der Waals surface area contributed by atoms with Gasteiger partial charge in [-0.15, -0.1) is 0 Å². The zero-order chi connectivity index (χ0) is 15.5. The largest absolute Gasteiger partial charge is 0.261 e. The predicted molar refractivity (Wildman–Crippen MR) is 78.7 cm³/mol. The molecular weight excluding hydrogens is 291 g/mol. The first-order valence-electron chi connectivity index (χ1n) is 6.63. The van der Waals surface area contributed by atoms with Gasteiger partial charge in [0.2, 0.25) is 5.03 Å². The number of pyridine rings is 1. The van der Waals surface area contributed by atoms with Crippen molar-refractivity contribution in [1.29, 1.82) is 0 Å². The quantitative estimate of drug-likeness (QED) is 0.924. The highest BCUT2D eigenvalue weighted by molar-refractivity contribution is 7.89. The molecule has 0 saturated carbocycles. The second kappa shape index (κ2) is 6.32. The van der Waals surface area contributed by atoms with E-state index in [1.165, 1.54) is 12.3 Å². The third kappa shape index (κ3) is 3.65. The van der Waals surface area contributed by atoms with Crippen LogP contribution in [0.25, 0.3) is 0 Å². The zero-order valence-electron chi connectivity index (χ0n) is 11.9. The molecule has 1 heterocycles. The SMILES string of the molecule is CCC(NS(=O)(=O)c1ncccc1F)c1ccc(C)cc1. The lowest BCUT2D eigenvalue weighted by atomic mass is 10.0. The first-order chi connectivity index (χ1) is 9.94. The lowest BCUT2D eigenvalue weighted by Crippen LogP contribution is -2.29. The molecule has 1 N–H and O–H groups in total. The Morgan fingerprint density at radius 1 is 1.24 bits per heavy atom. The number of aromatic nitrogens is 1. The van der Waals surface area contributed by atoms with Gasteiger partial charge in [-0.3, -0.25) is 0 Å². The van der Waals surface area contributed by atoms with Gasteiger partial charge >= 0.3 is 0 Å². The van der Waals surface area contributed by atoms with Crippen LogP contribution < -0.4 is 4.72 Å². The maximum atomic E-state index is 13.6. The minimum atomic E-state index is -4.00. The van der Waals surface area contributed by atoms with Crippen LogP contribution in [0.1, 0.15) is 30.5 Å². The molecule has 0 aliphatic heterocycles. The molecule has 0 aliphatic carbocycles. The number of hydrogen-bond acceptors (Lipinski definition) is 3. The van der Waals surface area contributed by atoms with E-state index in [-0.39, 0.29) is 0 Å². The van der Waals surface area contributed by atoms with Gasteiger partial charge in [-0.05, 0) is 31.0 Å². The molecule has 1 unspecified atom stereocenters. The van der Waals surface area contributed by atoms with Gasteiger partial charge in [-0.25, -0.2) is 22.5 Å². The van der Waals surface area contributed by atoms with Crippen molar-refractivity contribution < 1.29 is 12.8 Å². The average molecular weight is 308 g/mol. The molecule has 1 aromatic carbocycles. The minimum Gasteiger partial charge on any atom is -0.241 e. The summed E-state index contributed by atoms with van der Waals surface area (Å²) in [5, 5.41) is -0.574. The summed E-state index contributed by atoms with van der Waals surface area (Å²) in [5.41, 5.74) is 1.93. The van der Waals surface area contributed by atoms with Gasteiger partial charge in [0.05, 0.1) is 0 Å². The van der Waals surface area contributed by atoms with Gasteiger partial charge in [0.1, 0.15) is 0 Å². The highest BCUT2D eigenvalue weighted by Crippen LogP contribution is 2.20. The van der Waals surface area contributed by atoms with Gasteiger partial charge in [0.15, 0.2) is 5.82 Å². The normalized spacial score (nSPS) is 13.1. The van der Waals surface area contributed by atoms with Crippen LogP contribution in [0.2, 0.25) is 0 Å². The first-order valence-corrected chi connectivity index (χ1v) is 8.11. The fourth-order valence-corrected chi connectivity index (χ4v) is 3.31. The van der Waals surface area contributed by atoms with Crippen molar-refractivity contribution >= 4 is 10.0 Å². The smallest absolute Gasteiger partial charge is 0.241 e. The van der Waals surface area contributed by atoms with Gasteiger partial charge in [-0.1, -0.05) is 36.8 Å². The standard InChI is InChI=1S/C15H17FN2O2S/c1-3-14(12-8-6-11(2)7-9-12)18-21(19,20)15-13(16)5-4-10-17-15/h4-10,14,18H,3H2,1-2H3. The van der Waals surface area contributed by atoms with E-state index in [4.69, 9.17) is 0 Å². The van der Waals surface area contributed by atoms with Crippen LogP contribution in [-0.4, -0.2) is 13.4 Å². The second-order valence-corrected chi connectivity index (χ2v) is 6.41. The maximum Gasteiger partial charge on any atom is 0.261 e. The number of nitrogens with zero attached hydrogens (tertiary/aromatic N) is 1. The second-order valence-electron chi connectivity index (χ2n) is 4.78. The summed E-state index contributed by atoms with van der Waals surface area (Å²) < 4.78 is 40.6. The number of sulfonamides is 1. The summed E-state index contributed by atoms with van der Waals surface area (Å²) in [6, 6.07) is 9.56. The van der Waals surface area contributed by atoms with Crippen molar-refractivity contribution in [2.75, 3.05) is 0 Å². The molecular formula is C15H17FN2O2S. The summed E-state index contributed by atoms with van der Waals surface area (Å²) in [6.07, 6.45) is 1.81. The van der Waals surface area contributed by atoms with Gasteiger partial charge in [-0.2, -0.15) is 0 Å². The average Bonchev–Trinajstić information content (AvgIpc) is 2.46. The van der Waals surface area contributed by atoms with Gasteiger partial charge < -0.3 is 0 Å². The Balaban J connectivity index is 2.30. The maximum absolute atomic E-state index is 13.6. The Bertz CT molecular complexity index is 715. The Kier molecular flexibility index (Phi) is 4.69. The van der Waals surface area contributed by atoms with E-state index in [1.54, 1.807) is 0 Å². The fourth-order valence-electron chi connectivity index (χ4n) is 2.00. The fraction of sp³-hybridized carbons (Fsp3) is 0.267. The van der Waals surface area contributed by atoms with E-state index in [1.807, 2.05) is 38.1 Å². The van der Waals surface area contributed by atoms with E-state index in [0.29, 0.717) is 6.42 Å². The highest BCUT2D eigenvalue weighted by atomic mass is 32.2. The Morgan fingerprint density at radius 3 is 2.48 bits per heavy atom. The topological polar surface area (TPSA) is 59.1 Å². The summed E-state index contributed by atoms with van der Waals surface area (Å²) in [4.78, 5) is 3.62. The zero-order valence-corrected chi connectivity index (χ0v) is 12.7. The van der Waals surface area contributed by atoms with Gasteiger partial charge in [0.25, 0.3) is 10.0 Å². The third-order valence-electron chi connectivity index (χ3n) is 3.16. The number of rotatable bonds is 5. The van der Waals surface area contributed by atoms with Gasteiger partial charge in [0, 0.05) is 12.2 Å². The molecule has 0 fully saturated rings. The molecule has 21 heavy (non-hydrogen) atoms. The minimum absolute atomic E-state index is 0.419. The highest BCUT2D eigenvalue weighted by Gasteiger charge is 2.24. The molecule has 2 aromatic rings. The van der Waals surface area contributed by atoms with Crippen molar-refractivity contribution in [3.05, 3.63) is 59.5 Å². The van der Waals surface area contributed by atoms with Crippen molar-refractivity contribution in [1.82, 2.24) is 9.71 Å². The summed E-state index contributed by atoms with van der Waals surface area (Å²) in [5.74, 6) is -0.858. The summed E-state index contributed by atoms with van der Waals surface area (Å²) >= 11 is 0. The molecule has 4 nitrogen and oxygen atoms in total. The Labute approximate surface area is 124 Å². The number of benzene rings is 1. The van der Waals surface area contributed by atoms with E-state index >= 15 is 0 Å². The van der Waals surface area contributed by atoms with Crippen LogP contribution in [0, 0.1) is 12.7 Å². The van der Waals surface area contributed by atoms with Crippen LogP contribution in [-0.2, 0) is 10.0 Å². The molecule has 0 radical (unpaired) electrons. The lowest BCUT2D eigenvalue weighted by Gasteiger charge is -2.17. The molecule has 6 heteroatoms. The van der Waals surface area contributed by atoms with Crippen molar-refractivity contribution in [3.63, 3.8) is 0 Å². The summed E-state index contributed by atoms with van der Waals surface area (Å²) in [6.45, 7) is 3.82. The number of nitrogens with one attached hydrogen (secondary N) is 1. The molecule has 112 valence electrons. The van der Waals surface area contributed by atoms with E-state index in [9.17, 15) is 12.8 Å². The monoisotopic (exact) mass is 308 g/mol. The molecule has 0 saturated heterocycles. The molecule has 1 aromatic heterocycles. The molecule has 0 bridgehead atoms. The molecule has 0 spiro atoms. The first kappa shape index (κ1) is 15.6. The van der Waals surface area contributed by atoms with Crippen LogP contribution in [0.5, 0.6) is 0 Å². The number of hydrogen-bond donors (Lipinski definition) is 1. The number of aryl methyl sites for hydroxylation is 1. The third-order valence-corrected chi connectivity index (χ3v) is 4.57. The van der Waals surface area contributed by atoms with E-state index < -0.39 is 26.9 Å². The van der Waals surface area contributed by atoms with E-state index in [2.05, 4.69) is 9.71 Å². The van der Waals surface area contributed by atoms with Crippen LogP contribution in [0.15, 0.2) is 47.6 Å². The predicted octanol–water partition coefficient (Wildman–Crippen LogP) is 2.96. The summed E-state index contributed by atoms with van der Waals surface area (Å²) in [7, 11) is -4.00. The van der Waals surface area contributed by atoms with Crippen molar-refractivity contribution in [2.45, 2.75) is 31.3 Å². The van der Waals surface area contributed by atoms with Crippen molar-refractivity contribution in [2.24, 2.45) is 0 Å². The molecule has 0 aliphatic rings. The van der Waals surface area contributed by atoms with Crippen molar-refractivity contribution in [3.8, 4) is 0 Å².